The quantitative estimate of drug-likeness (QED) is 0.861. The highest BCUT2D eigenvalue weighted by molar-refractivity contribution is 7.11. The van der Waals surface area contributed by atoms with E-state index >= 15 is 0 Å². The minimum Gasteiger partial charge on any atom is -0.310 e. The molecular weight excluding hydrogens is 218 g/mol. The molecule has 0 bridgehead atoms. The monoisotopic (exact) mass is 241 g/mol. The van der Waals surface area contributed by atoms with Gasteiger partial charge in [-0.15, -0.1) is 21.5 Å². The van der Waals surface area contributed by atoms with Crippen molar-refractivity contribution in [1.82, 2.24) is 15.5 Å². The van der Waals surface area contributed by atoms with Crippen LogP contribution in [0.5, 0.6) is 0 Å². The van der Waals surface area contributed by atoms with Gasteiger partial charge in [0.2, 0.25) is 0 Å². The molecule has 0 aromatic carbocycles. The van der Waals surface area contributed by atoms with Gasteiger partial charge < -0.3 is 5.32 Å². The Morgan fingerprint density at radius 2 is 1.81 bits per heavy atom. The first-order chi connectivity index (χ1) is 7.37. The largest absolute Gasteiger partial charge is 0.310 e. The van der Waals surface area contributed by atoms with Crippen LogP contribution in [0.3, 0.4) is 0 Å². The molecule has 1 aromatic rings. The summed E-state index contributed by atoms with van der Waals surface area (Å²) in [6.07, 6.45) is 1.01. The summed E-state index contributed by atoms with van der Waals surface area (Å²) in [7, 11) is 0. The summed E-state index contributed by atoms with van der Waals surface area (Å²) in [5.74, 6) is 0.682. The van der Waals surface area contributed by atoms with E-state index in [4.69, 9.17) is 0 Å². The lowest BCUT2D eigenvalue weighted by Crippen LogP contribution is -2.18. The zero-order valence-corrected chi connectivity index (χ0v) is 11.8. The Bertz CT molecular complexity index is 312. The summed E-state index contributed by atoms with van der Waals surface area (Å²) < 4.78 is 0. The van der Waals surface area contributed by atoms with E-state index in [1.807, 2.05) is 0 Å². The van der Waals surface area contributed by atoms with Crippen LogP contribution in [-0.2, 0) is 13.0 Å². The number of hydrogen-bond donors (Lipinski definition) is 1. The molecule has 1 aromatic heterocycles. The first kappa shape index (κ1) is 13.6. The second kappa shape index (κ2) is 5.73. The van der Waals surface area contributed by atoms with Crippen molar-refractivity contribution in [1.29, 1.82) is 0 Å². The van der Waals surface area contributed by atoms with Crippen LogP contribution in [0.2, 0.25) is 0 Å². The van der Waals surface area contributed by atoms with Gasteiger partial charge in [0.05, 0.1) is 0 Å². The summed E-state index contributed by atoms with van der Waals surface area (Å²) in [4.78, 5) is 0. The fourth-order valence-corrected chi connectivity index (χ4v) is 2.47. The van der Waals surface area contributed by atoms with Gasteiger partial charge in [-0.1, -0.05) is 34.6 Å². The number of hydrogen-bond acceptors (Lipinski definition) is 4. The molecule has 0 atom stereocenters. The van der Waals surface area contributed by atoms with E-state index < -0.39 is 0 Å². The van der Waals surface area contributed by atoms with E-state index in [1.54, 1.807) is 11.3 Å². The maximum absolute atomic E-state index is 4.23. The molecule has 0 radical (unpaired) electrons. The summed E-state index contributed by atoms with van der Waals surface area (Å²) in [5, 5.41) is 14.1. The maximum atomic E-state index is 4.23. The van der Waals surface area contributed by atoms with Crippen LogP contribution >= 0.6 is 11.3 Å². The first-order valence-electron chi connectivity index (χ1n) is 5.89. The van der Waals surface area contributed by atoms with Crippen molar-refractivity contribution in [2.45, 2.75) is 47.6 Å². The van der Waals surface area contributed by atoms with E-state index in [2.05, 4.69) is 50.1 Å². The van der Waals surface area contributed by atoms with Crippen LogP contribution in [0.1, 0.15) is 44.6 Å². The Morgan fingerprint density at radius 3 is 2.38 bits per heavy atom. The van der Waals surface area contributed by atoms with Crippen molar-refractivity contribution >= 4 is 11.3 Å². The van der Waals surface area contributed by atoms with Gasteiger partial charge in [0, 0.05) is 13.0 Å². The Labute approximate surface area is 103 Å². The van der Waals surface area contributed by atoms with Gasteiger partial charge in [0.1, 0.15) is 10.0 Å². The Hall–Kier alpha value is -0.480. The van der Waals surface area contributed by atoms with Crippen LogP contribution in [-0.4, -0.2) is 16.7 Å². The third-order valence-corrected chi connectivity index (χ3v) is 2.94. The lowest BCUT2D eigenvalue weighted by molar-refractivity contribution is 0.409. The van der Waals surface area contributed by atoms with E-state index in [1.165, 1.54) is 0 Å². The Morgan fingerprint density at radius 1 is 1.19 bits per heavy atom. The summed E-state index contributed by atoms with van der Waals surface area (Å²) in [6.45, 7) is 13.0. The van der Waals surface area contributed by atoms with Gasteiger partial charge in [-0.2, -0.15) is 0 Å². The minimum atomic E-state index is 0.294. The highest BCUT2D eigenvalue weighted by Gasteiger charge is 2.14. The standard InChI is InChI=1S/C12H23N3S/c1-9(2)7-13-8-11-15-14-10(16-11)6-12(3,4)5/h9,13H,6-8H2,1-5H3. The lowest BCUT2D eigenvalue weighted by Gasteiger charge is -2.14. The predicted molar refractivity (Wildman–Crippen MR) is 69.6 cm³/mol. The molecule has 0 unspecified atom stereocenters. The molecule has 1 rings (SSSR count). The SMILES string of the molecule is CC(C)CNCc1nnc(CC(C)(C)C)s1. The zero-order valence-electron chi connectivity index (χ0n) is 11.0. The van der Waals surface area contributed by atoms with E-state index in [0.717, 1.165) is 29.5 Å². The van der Waals surface area contributed by atoms with Crippen LogP contribution in [0, 0.1) is 11.3 Å². The van der Waals surface area contributed by atoms with Crippen LogP contribution in [0.25, 0.3) is 0 Å². The molecule has 16 heavy (non-hydrogen) atoms. The molecule has 0 saturated heterocycles. The molecule has 3 nitrogen and oxygen atoms in total. The van der Waals surface area contributed by atoms with Gasteiger partial charge in [0.25, 0.3) is 0 Å². The second-order valence-electron chi connectivity index (χ2n) is 5.85. The van der Waals surface area contributed by atoms with E-state index in [-0.39, 0.29) is 0 Å². The van der Waals surface area contributed by atoms with Crippen molar-refractivity contribution < 1.29 is 0 Å². The lowest BCUT2D eigenvalue weighted by atomic mass is 9.93. The van der Waals surface area contributed by atoms with Gasteiger partial charge in [0.15, 0.2) is 0 Å². The molecule has 92 valence electrons. The van der Waals surface area contributed by atoms with E-state index in [9.17, 15) is 0 Å². The van der Waals surface area contributed by atoms with Crippen molar-refractivity contribution in [3.63, 3.8) is 0 Å². The smallest absolute Gasteiger partial charge is 0.131 e. The molecular formula is C12H23N3S. The molecule has 1 heterocycles. The number of nitrogens with zero attached hydrogens (tertiary/aromatic N) is 2. The van der Waals surface area contributed by atoms with E-state index in [0.29, 0.717) is 11.3 Å². The zero-order chi connectivity index (χ0) is 12.2. The fourth-order valence-electron chi connectivity index (χ4n) is 1.35. The first-order valence-corrected chi connectivity index (χ1v) is 6.70. The number of rotatable bonds is 5. The van der Waals surface area contributed by atoms with Crippen molar-refractivity contribution in [2.75, 3.05) is 6.54 Å². The molecule has 0 aliphatic carbocycles. The highest BCUT2D eigenvalue weighted by Crippen LogP contribution is 2.22. The number of aromatic nitrogens is 2. The molecule has 1 N–H and O–H groups in total. The molecule has 0 spiro atoms. The van der Waals surface area contributed by atoms with Crippen molar-refractivity contribution in [2.24, 2.45) is 11.3 Å². The molecule has 0 amide bonds. The minimum absolute atomic E-state index is 0.294. The predicted octanol–water partition coefficient (Wildman–Crippen LogP) is 2.87. The normalized spacial score (nSPS) is 12.4. The second-order valence-corrected chi connectivity index (χ2v) is 7.00. The molecule has 4 heteroatoms. The highest BCUT2D eigenvalue weighted by atomic mass is 32.1. The molecule has 0 saturated carbocycles. The summed E-state index contributed by atoms with van der Waals surface area (Å²) in [5.41, 5.74) is 0.294. The van der Waals surface area contributed by atoms with Crippen molar-refractivity contribution in [3.8, 4) is 0 Å². The summed E-state index contributed by atoms with van der Waals surface area (Å²) >= 11 is 1.73. The third kappa shape index (κ3) is 5.56. The van der Waals surface area contributed by atoms with Crippen molar-refractivity contribution in [3.05, 3.63) is 10.0 Å². The molecule has 0 aliphatic heterocycles. The average Bonchev–Trinajstić information content (AvgIpc) is 2.48. The van der Waals surface area contributed by atoms with Gasteiger partial charge >= 0.3 is 0 Å². The van der Waals surface area contributed by atoms with Gasteiger partial charge in [-0.05, 0) is 17.9 Å². The third-order valence-electron chi connectivity index (χ3n) is 2.02. The molecule has 0 fully saturated rings. The van der Waals surface area contributed by atoms with Crippen LogP contribution in [0.15, 0.2) is 0 Å². The summed E-state index contributed by atoms with van der Waals surface area (Å²) in [6, 6.07) is 0. The van der Waals surface area contributed by atoms with Gasteiger partial charge in [-0.3, -0.25) is 0 Å². The average molecular weight is 241 g/mol. The Kier molecular flexibility index (Phi) is 4.87. The number of nitrogens with one attached hydrogen (secondary N) is 1. The van der Waals surface area contributed by atoms with Crippen LogP contribution in [0.4, 0.5) is 0 Å². The topological polar surface area (TPSA) is 37.8 Å². The Balaban J connectivity index is 2.40. The molecule has 0 aliphatic rings. The van der Waals surface area contributed by atoms with Gasteiger partial charge in [-0.25, -0.2) is 0 Å². The maximum Gasteiger partial charge on any atom is 0.131 e. The fraction of sp³-hybridized carbons (Fsp3) is 0.833. The van der Waals surface area contributed by atoms with Crippen LogP contribution < -0.4 is 5.32 Å².